The van der Waals surface area contributed by atoms with Crippen LogP contribution in [0.5, 0.6) is 5.75 Å². The van der Waals surface area contributed by atoms with Gasteiger partial charge in [0.05, 0.1) is 18.9 Å². The second kappa shape index (κ2) is 10.7. The van der Waals surface area contributed by atoms with E-state index >= 15 is 4.39 Å². The van der Waals surface area contributed by atoms with Crippen molar-refractivity contribution in [3.63, 3.8) is 0 Å². The highest BCUT2D eigenvalue weighted by Crippen LogP contribution is 2.32. The number of Topliss-reactive ketones (excluding diaryl/α,β-unsaturated/α-hetero) is 1. The molecule has 7 nitrogen and oxygen atoms in total. The van der Waals surface area contributed by atoms with Crippen LogP contribution in [0.2, 0.25) is 0 Å². The minimum Gasteiger partial charge on any atom is -0.497 e. The zero-order valence-corrected chi connectivity index (χ0v) is 21.8. The summed E-state index contributed by atoms with van der Waals surface area (Å²) in [7, 11) is 1.61. The number of benzene rings is 3. The highest BCUT2D eigenvalue weighted by Gasteiger charge is 2.29. The van der Waals surface area contributed by atoms with Crippen LogP contribution >= 0.6 is 0 Å². The number of fused-ring (bicyclic) bond motifs is 1. The molecule has 1 unspecified atom stereocenters. The fourth-order valence-electron chi connectivity index (χ4n) is 5.66. The molecule has 0 spiro atoms. The average Bonchev–Trinajstić information content (AvgIpc) is 3.53. The number of hydrogen-bond donors (Lipinski definition) is 2. The molecule has 4 aromatic rings. The third-order valence-corrected chi connectivity index (χ3v) is 7.71. The van der Waals surface area contributed by atoms with Crippen LogP contribution in [0.3, 0.4) is 0 Å². The number of aliphatic hydroxyl groups is 1. The molecule has 0 bridgehead atoms. The van der Waals surface area contributed by atoms with Crippen LogP contribution < -0.4 is 10.1 Å². The lowest BCUT2D eigenvalue weighted by atomic mass is 9.95. The zero-order valence-electron chi connectivity index (χ0n) is 21.8. The number of aromatic nitrogens is 2. The Bertz CT molecular complexity index is 1500. The summed E-state index contributed by atoms with van der Waals surface area (Å²) in [5, 5.41) is 13.2. The highest BCUT2D eigenvalue weighted by molar-refractivity contribution is 5.97. The van der Waals surface area contributed by atoms with E-state index in [1.165, 1.54) is 0 Å². The second-order valence-electron chi connectivity index (χ2n) is 10.2. The standard InChI is InChI=1S/C31H31FN4O3/c1-39-24-9-7-22(8-10-24)36-19-34-29-16-33-28(15-30(38)31(29)36)26-11-6-20(14-27(26)32)25-5-3-2-4-21(25)17-35-13-12-23(37)18-35/h2-11,14,19,23,28,33,37H,12-13,15-18H2,1H3/t23-,28?/m0/s1. The van der Waals surface area contributed by atoms with Gasteiger partial charge in [0, 0.05) is 49.9 Å². The summed E-state index contributed by atoms with van der Waals surface area (Å²) < 4.78 is 22.6. The Morgan fingerprint density at radius 2 is 1.95 bits per heavy atom. The van der Waals surface area contributed by atoms with E-state index in [-0.39, 0.29) is 24.1 Å². The first kappa shape index (κ1) is 25.4. The number of nitrogens with one attached hydrogen (secondary N) is 1. The maximum absolute atomic E-state index is 15.6. The molecule has 2 atom stereocenters. The number of hydrogen-bond acceptors (Lipinski definition) is 6. The number of aliphatic hydroxyl groups excluding tert-OH is 1. The summed E-state index contributed by atoms with van der Waals surface area (Å²) in [5.74, 6) is 0.297. The molecule has 200 valence electrons. The number of ketones is 1. The van der Waals surface area contributed by atoms with Crippen LogP contribution in [0.25, 0.3) is 16.8 Å². The van der Waals surface area contributed by atoms with Crippen molar-refractivity contribution in [3.05, 3.63) is 101 Å². The van der Waals surface area contributed by atoms with Crippen molar-refractivity contribution in [3.8, 4) is 22.6 Å². The molecule has 0 saturated carbocycles. The topological polar surface area (TPSA) is 79.6 Å². The minimum absolute atomic E-state index is 0.0880. The summed E-state index contributed by atoms with van der Waals surface area (Å²) in [6, 6.07) is 20.3. The number of ether oxygens (including phenoxy) is 1. The van der Waals surface area contributed by atoms with E-state index in [1.54, 1.807) is 30.1 Å². The van der Waals surface area contributed by atoms with Crippen molar-refractivity contribution in [2.45, 2.75) is 38.1 Å². The number of imidazole rings is 1. The fraction of sp³-hybridized carbons (Fsp3) is 0.290. The third-order valence-electron chi connectivity index (χ3n) is 7.71. The first-order valence-electron chi connectivity index (χ1n) is 13.3. The lowest BCUT2D eigenvalue weighted by Gasteiger charge is -2.19. The first-order chi connectivity index (χ1) is 19.0. The second-order valence-corrected chi connectivity index (χ2v) is 10.2. The van der Waals surface area contributed by atoms with Gasteiger partial charge in [0.2, 0.25) is 0 Å². The van der Waals surface area contributed by atoms with Gasteiger partial charge in [-0.05, 0) is 53.4 Å². The number of rotatable bonds is 6. The summed E-state index contributed by atoms with van der Waals surface area (Å²) in [6.45, 7) is 2.57. The third kappa shape index (κ3) is 5.11. The van der Waals surface area contributed by atoms with E-state index in [0.717, 1.165) is 41.1 Å². The molecule has 2 aliphatic rings. The van der Waals surface area contributed by atoms with Crippen molar-refractivity contribution in [2.75, 3.05) is 20.2 Å². The molecule has 2 aliphatic heterocycles. The quantitative estimate of drug-likeness (QED) is 0.380. The Hall–Kier alpha value is -3.85. The Morgan fingerprint density at radius 3 is 2.69 bits per heavy atom. The van der Waals surface area contributed by atoms with Crippen molar-refractivity contribution < 1.29 is 19.0 Å². The van der Waals surface area contributed by atoms with Gasteiger partial charge in [0.25, 0.3) is 0 Å². The zero-order chi connectivity index (χ0) is 26.9. The molecule has 1 saturated heterocycles. The van der Waals surface area contributed by atoms with E-state index in [1.807, 2.05) is 48.5 Å². The van der Waals surface area contributed by atoms with E-state index in [0.29, 0.717) is 36.6 Å². The monoisotopic (exact) mass is 526 g/mol. The summed E-state index contributed by atoms with van der Waals surface area (Å²) in [6.07, 6.45) is 2.27. The van der Waals surface area contributed by atoms with Gasteiger partial charge in [-0.1, -0.05) is 36.4 Å². The van der Waals surface area contributed by atoms with E-state index in [2.05, 4.69) is 21.3 Å². The van der Waals surface area contributed by atoms with Gasteiger partial charge in [0.1, 0.15) is 23.6 Å². The normalized spacial score (nSPS) is 19.6. The van der Waals surface area contributed by atoms with Gasteiger partial charge < -0.3 is 15.2 Å². The number of methoxy groups -OCH3 is 1. The molecule has 0 aliphatic carbocycles. The smallest absolute Gasteiger partial charge is 0.183 e. The predicted molar refractivity (Wildman–Crippen MR) is 146 cm³/mol. The number of β-amino-alcohol motifs (C(OH)–C–C–N with tert-alkyl or cyclic N) is 1. The first-order valence-corrected chi connectivity index (χ1v) is 13.3. The number of halogens is 1. The van der Waals surface area contributed by atoms with Gasteiger partial charge in [-0.2, -0.15) is 0 Å². The van der Waals surface area contributed by atoms with Crippen molar-refractivity contribution in [2.24, 2.45) is 0 Å². The number of carbonyl (C=O) groups is 1. The van der Waals surface area contributed by atoms with Crippen LogP contribution in [0.1, 0.15) is 46.2 Å². The van der Waals surface area contributed by atoms with E-state index < -0.39 is 6.04 Å². The Balaban J connectivity index is 1.23. The number of likely N-dealkylation sites (tertiary alicyclic amines) is 1. The molecule has 2 N–H and O–H groups in total. The Kier molecular flexibility index (Phi) is 6.99. The van der Waals surface area contributed by atoms with Gasteiger partial charge in [0.15, 0.2) is 5.78 Å². The molecule has 1 fully saturated rings. The highest BCUT2D eigenvalue weighted by atomic mass is 19.1. The van der Waals surface area contributed by atoms with Crippen LogP contribution in [0, 0.1) is 5.82 Å². The van der Waals surface area contributed by atoms with Gasteiger partial charge >= 0.3 is 0 Å². The Morgan fingerprint density at radius 1 is 1.13 bits per heavy atom. The molecule has 39 heavy (non-hydrogen) atoms. The van der Waals surface area contributed by atoms with Crippen LogP contribution in [0.15, 0.2) is 73.1 Å². The molecule has 1 aromatic heterocycles. The van der Waals surface area contributed by atoms with Crippen molar-refractivity contribution in [1.29, 1.82) is 0 Å². The molecular formula is C31H31FN4O3. The van der Waals surface area contributed by atoms with Gasteiger partial charge in [-0.3, -0.25) is 14.3 Å². The molecule has 0 radical (unpaired) electrons. The van der Waals surface area contributed by atoms with Crippen LogP contribution in [-0.2, 0) is 13.1 Å². The predicted octanol–water partition coefficient (Wildman–Crippen LogP) is 4.67. The van der Waals surface area contributed by atoms with E-state index in [9.17, 15) is 9.90 Å². The molecule has 3 aromatic carbocycles. The fourth-order valence-corrected chi connectivity index (χ4v) is 5.66. The lowest BCUT2D eigenvalue weighted by Crippen LogP contribution is -2.22. The maximum Gasteiger partial charge on any atom is 0.183 e. The molecule has 6 rings (SSSR count). The number of carbonyl (C=O) groups excluding carboxylic acids is 1. The molecule has 8 heteroatoms. The molecule has 3 heterocycles. The molecule has 0 amide bonds. The largest absolute Gasteiger partial charge is 0.497 e. The minimum atomic E-state index is -0.466. The maximum atomic E-state index is 15.6. The van der Waals surface area contributed by atoms with Crippen molar-refractivity contribution >= 4 is 5.78 Å². The molecular weight excluding hydrogens is 495 g/mol. The Labute approximate surface area is 226 Å². The summed E-state index contributed by atoms with van der Waals surface area (Å²) >= 11 is 0. The number of nitrogens with zero attached hydrogens (tertiary/aromatic N) is 3. The van der Waals surface area contributed by atoms with Gasteiger partial charge in [-0.15, -0.1) is 0 Å². The van der Waals surface area contributed by atoms with Crippen LogP contribution in [0.4, 0.5) is 4.39 Å². The van der Waals surface area contributed by atoms with Gasteiger partial charge in [-0.25, -0.2) is 9.37 Å². The van der Waals surface area contributed by atoms with Crippen LogP contribution in [-0.4, -0.2) is 51.6 Å². The summed E-state index contributed by atoms with van der Waals surface area (Å²) in [5.41, 5.74) is 5.31. The SMILES string of the molecule is COc1ccc(-n2cnc3c2C(=O)CC(c2ccc(-c4ccccc4CN4CC[C@H](O)C4)cc2F)NC3)cc1. The summed E-state index contributed by atoms with van der Waals surface area (Å²) in [4.78, 5) is 20.1. The lowest BCUT2D eigenvalue weighted by molar-refractivity contribution is 0.0966. The van der Waals surface area contributed by atoms with Crippen molar-refractivity contribution in [1.82, 2.24) is 19.8 Å². The van der Waals surface area contributed by atoms with E-state index in [4.69, 9.17) is 4.74 Å². The average molecular weight is 527 g/mol.